The zero-order chi connectivity index (χ0) is 11.5. The molecule has 0 aliphatic carbocycles. The van der Waals surface area contributed by atoms with Gasteiger partial charge in [0.2, 0.25) is 0 Å². The van der Waals surface area contributed by atoms with Gasteiger partial charge in [0.25, 0.3) is 0 Å². The topological polar surface area (TPSA) is 37.8 Å². The third-order valence-corrected chi connectivity index (χ3v) is 3.06. The van der Waals surface area contributed by atoms with Gasteiger partial charge in [-0.2, -0.15) is 0 Å². The lowest BCUT2D eigenvalue weighted by Crippen LogP contribution is -2.05. The molecule has 1 aromatic carbocycles. The van der Waals surface area contributed by atoms with E-state index < -0.39 is 0 Å². The summed E-state index contributed by atoms with van der Waals surface area (Å²) in [4.78, 5) is 0. The van der Waals surface area contributed by atoms with Crippen molar-refractivity contribution in [1.29, 1.82) is 0 Å². The molecule has 0 fully saturated rings. The van der Waals surface area contributed by atoms with E-state index in [1.165, 1.54) is 28.2 Å². The molecule has 4 heteroatoms. The second-order valence-corrected chi connectivity index (χ2v) is 4.85. The molecule has 0 bridgehead atoms. The Morgan fingerprint density at radius 1 is 1.19 bits per heavy atom. The van der Waals surface area contributed by atoms with Gasteiger partial charge in [-0.1, -0.05) is 33.8 Å². The van der Waals surface area contributed by atoms with Crippen LogP contribution in [0.15, 0.2) is 24.4 Å². The van der Waals surface area contributed by atoms with Crippen LogP contribution in [0.3, 0.4) is 0 Å². The molecule has 0 saturated carbocycles. The van der Waals surface area contributed by atoms with E-state index in [0.29, 0.717) is 0 Å². The Morgan fingerprint density at radius 2 is 1.88 bits per heavy atom. The van der Waals surface area contributed by atoms with Crippen molar-refractivity contribution in [2.75, 3.05) is 5.32 Å². The summed E-state index contributed by atoms with van der Waals surface area (Å²) in [5.41, 5.74) is 3.89. The largest absolute Gasteiger partial charge is 0.368 e. The molecule has 0 spiro atoms. The zero-order valence-electron chi connectivity index (χ0n) is 9.69. The van der Waals surface area contributed by atoms with Gasteiger partial charge in [-0.3, -0.25) is 0 Å². The number of hydrogen-bond donors (Lipinski definition) is 1. The Bertz CT molecular complexity index is 445. The van der Waals surface area contributed by atoms with E-state index in [9.17, 15) is 0 Å². The van der Waals surface area contributed by atoms with E-state index in [1.54, 1.807) is 6.20 Å². The molecule has 0 amide bonds. The molecule has 16 heavy (non-hydrogen) atoms. The van der Waals surface area contributed by atoms with Crippen LogP contribution in [-0.4, -0.2) is 9.59 Å². The Labute approximate surface area is 99.7 Å². The van der Waals surface area contributed by atoms with Gasteiger partial charge in [0.05, 0.1) is 6.20 Å². The number of nitrogens with one attached hydrogen (secondary N) is 1. The monoisotopic (exact) mass is 233 g/mol. The van der Waals surface area contributed by atoms with Crippen LogP contribution in [0.25, 0.3) is 0 Å². The van der Waals surface area contributed by atoms with Crippen molar-refractivity contribution in [1.82, 2.24) is 9.59 Å². The molecule has 1 unspecified atom stereocenters. The fraction of sp³-hybridized carbons (Fsp3) is 0.333. The molecule has 2 rings (SSSR count). The number of aryl methyl sites for hydroxylation is 2. The molecule has 1 heterocycles. The third-order valence-electron chi connectivity index (χ3n) is 2.46. The van der Waals surface area contributed by atoms with Crippen molar-refractivity contribution >= 4 is 16.5 Å². The fourth-order valence-electron chi connectivity index (χ4n) is 1.79. The minimum absolute atomic E-state index is 0.279. The molecule has 0 aliphatic heterocycles. The highest BCUT2D eigenvalue weighted by Gasteiger charge is 2.07. The molecule has 0 aliphatic rings. The van der Waals surface area contributed by atoms with Crippen molar-refractivity contribution in [2.45, 2.75) is 26.8 Å². The predicted octanol–water partition coefficient (Wildman–Crippen LogP) is 3.33. The summed E-state index contributed by atoms with van der Waals surface area (Å²) >= 11 is 1.38. The molecule has 3 nitrogen and oxygen atoms in total. The van der Waals surface area contributed by atoms with Crippen LogP contribution in [-0.2, 0) is 0 Å². The van der Waals surface area contributed by atoms with Gasteiger partial charge in [-0.25, -0.2) is 0 Å². The Kier molecular flexibility index (Phi) is 3.19. The quantitative estimate of drug-likeness (QED) is 0.883. The summed E-state index contributed by atoms with van der Waals surface area (Å²) in [6.45, 7) is 6.39. The first-order chi connectivity index (χ1) is 7.65. The molecule has 2 aromatic rings. The Morgan fingerprint density at radius 3 is 2.44 bits per heavy atom. The van der Waals surface area contributed by atoms with Crippen LogP contribution in [0.4, 0.5) is 5.00 Å². The first-order valence-corrected chi connectivity index (χ1v) is 6.04. The highest BCUT2D eigenvalue weighted by molar-refractivity contribution is 7.09. The predicted molar refractivity (Wildman–Crippen MR) is 67.9 cm³/mol. The summed E-state index contributed by atoms with van der Waals surface area (Å²) in [6.07, 6.45) is 1.75. The van der Waals surface area contributed by atoms with E-state index >= 15 is 0 Å². The smallest absolute Gasteiger partial charge is 0.130 e. The van der Waals surface area contributed by atoms with E-state index in [4.69, 9.17) is 0 Å². The van der Waals surface area contributed by atoms with Gasteiger partial charge in [0.1, 0.15) is 5.00 Å². The molecule has 1 atom stereocenters. The first kappa shape index (κ1) is 11.1. The van der Waals surface area contributed by atoms with Gasteiger partial charge in [0, 0.05) is 17.6 Å². The lowest BCUT2D eigenvalue weighted by molar-refractivity contribution is 0.884. The van der Waals surface area contributed by atoms with Crippen molar-refractivity contribution in [3.63, 3.8) is 0 Å². The second-order valence-electron chi connectivity index (χ2n) is 4.07. The maximum absolute atomic E-state index is 3.83. The van der Waals surface area contributed by atoms with Crippen molar-refractivity contribution in [3.8, 4) is 0 Å². The maximum Gasteiger partial charge on any atom is 0.130 e. The summed E-state index contributed by atoms with van der Waals surface area (Å²) in [5, 5.41) is 8.20. The number of nitrogens with zero attached hydrogens (tertiary/aromatic N) is 2. The van der Waals surface area contributed by atoms with Crippen LogP contribution < -0.4 is 5.32 Å². The molecule has 1 aromatic heterocycles. The lowest BCUT2D eigenvalue weighted by atomic mass is 10.0. The maximum atomic E-state index is 3.83. The number of hydrogen-bond acceptors (Lipinski definition) is 4. The highest BCUT2D eigenvalue weighted by atomic mass is 32.1. The number of rotatable bonds is 3. The first-order valence-electron chi connectivity index (χ1n) is 5.27. The molecular formula is C12H15N3S. The molecular weight excluding hydrogens is 218 g/mol. The second kappa shape index (κ2) is 4.61. The average molecular weight is 233 g/mol. The van der Waals surface area contributed by atoms with Gasteiger partial charge >= 0.3 is 0 Å². The molecule has 1 N–H and O–H groups in total. The Balaban J connectivity index is 2.17. The SMILES string of the molecule is Cc1cc(C)cc(C(C)Nc2cnns2)c1. The minimum atomic E-state index is 0.279. The van der Waals surface area contributed by atoms with Crippen molar-refractivity contribution in [3.05, 3.63) is 41.1 Å². The van der Waals surface area contributed by atoms with Gasteiger partial charge in [-0.15, -0.1) is 5.10 Å². The van der Waals surface area contributed by atoms with E-state index in [-0.39, 0.29) is 6.04 Å². The van der Waals surface area contributed by atoms with Crippen LogP contribution in [0, 0.1) is 13.8 Å². The van der Waals surface area contributed by atoms with E-state index in [1.807, 2.05) is 0 Å². The van der Waals surface area contributed by atoms with Crippen LogP contribution in [0.5, 0.6) is 0 Å². The summed E-state index contributed by atoms with van der Waals surface area (Å²) in [6, 6.07) is 6.88. The van der Waals surface area contributed by atoms with Gasteiger partial charge < -0.3 is 5.32 Å². The number of aromatic nitrogens is 2. The molecule has 0 radical (unpaired) electrons. The van der Waals surface area contributed by atoms with Gasteiger partial charge in [-0.05, 0) is 26.3 Å². The lowest BCUT2D eigenvalue weighted by Gasteiger charge is -2.14. The number of benzene rings is 1. The average Bonchev–Trinajstić information content (AvgIpc) is 2.68. The van der Waals surface area contributed by atoms with E-state index in [2.05, 4.69) is 53.9 Å². The van der Waals surface area contributed by atoms with Crippen LogP contribution in [0.1, 0.15) is 29.7 Å². The number of anilines is 1. The molecule has 0 saturated heterocycles. The normalized spacial score (nSPS) is 12.4. The van der Waals surface area contributed by atoms with Crippen molar-refractivity contribution in [2.24, 2.45) is 0 Å². The molecule has 84 valence electrons. The highest BCUT2D eigenvalue weighted by Crippen LogP contribution is 2.22. The van der Waals surface area contributed by atoms with Gasteiger partial charge in [0.15, 0.2) is 0 Å². The van der Waals surface area contributed by atoms with Crippen LogP contribution >= 0.6 is 11.5 Å². The standard InChI is InChI=1S/C12H15N3S/c1-8-4-9(2)6-11(5-8)10(3)14-12-7-13-15-16-12/h4-7,10,14H,1-3H3. The summed E-state index contributed by atoms with van der Waals surface area (Å²) in [5.74, 6) is 0. The zero-order valence-corrected chi connectivity index (χ0v) is 10.5. The summed E-state index contributed by atoms with van der Waals surface area (Å²) < 4.78 is 3.83. The third kappa shape index (κ3) is 2.58. The van der Waals surface area contributed by atoms with Crippen LogP contribution in [0.2, 0.25) is 0 Å². The Hall–Kier alpha value is -1.42. The fourth-order valence-corrected chi connectivity index (χ4v) is 2.29. The van der Waals surface area contributed by atoms with Crippen molar-refractivity contribution < 1.29 is 0 Å². The minimum Gasteiger partial charge on any atom is -0.368 e. The summed E-state index contributed by atoms with van der Waals surface area (Å²) in [7, 11) is 0. The van der Waals surface area contributed by atoms with E-state index in [0.717, 1.165) is 5.00 Å².